The van der Waals surface area contributed by atoms with Gasteiger partial charge in [-0.1, -0.05) is 12.1 Å². The lowest BCUT2D eigenvalue weighted by Crippen LogP contribution is -2.33. The van der Waals surface area contributed by atoms with E-state index in [1.165, 1.54) is 22.7 Å². The minimum Gasteiger partial charge on any atom is -0.484 e. The van der Waals surface area contributed by atoms with E-state index in [-0.39, 0.29) is 18.3 Å². The Kier molecular flexibility index (Phi) is 6.61. The number of nitrogen functional groups attached to an aromatic ring is 1. The standard InChI is InChI=1S/C21H22N4O3S3/c1-29-21-15(8-17(31-21)19(22)23)20-24-16(11-30-20)12-3-2-4-14(7-12)28-10-18(27)25-6-5-13(26)9-25/h2-4,7-8,11,13,26H,5-6,9-10H2,1H3,(H3,22,23)/t13-/m0/s1. The van der Waals surface area contributed by atoms with Crippen LogP contribution >= 0.6 is 34.4 Å². The Morgan fingerprint density at radius 1 is 1.45 bits per heavy atom. The number of aliphatic hydroxyl groups excluding tert-OH is 1. The van der Waals surface area contributed by atoms with E-state index in [2.05, 4.69) is 0 Å². The zero-order valence-corrected chi connectivity index (χ0v) is 19.3. The maximum atomic E-state index is 12.2. The Balaban J connectivity index is 1.48. The average molecular weight is 475 g/mol. The number of amidine groups is 1. The van der Waals surface area contributed by atoms with Gasteiger partial charge in [-0.2, -0.15) is 0 Å². The van der Waals surface area contributed by atoms with Crippen molar-refractivity contribution >= 4 is 46.2 Å². The quantitative estimate of drug-likeness (QED) is 0.274. The van der Waals surface area contributed by atoms with Gasteiger partial charge in [0.15, 0.2) is 6.61 Å². The van der Waals surface area contributed by atoms with Crippen molar-refractivity contribution in [1.29, 1.82) is 5.41 Å². The monoisotopic (exact) mass is 474 g/mol. The molecule has 0 radical (unpaired) electrons. The number of aliphatic hydroxyl groups is 1. The Morgan fingerprint density at radius 2 is 2.29 bits per heavy atom. The maximum Gasteiger partial charge on any atom is 0.260 e. The molecule has 1 amide bonds. The molecular formula is C21H22N4O3S3. The molecule has 3 aromatic rings. The molecule has 1 saturated heterocycles. The van der Waals surface area contributed by atoms with E-state index in [9.17, 15) is 9.90 Å². The molecule has 31 heavy (non-hydrogen) atoms. The van der Waals surface area contributed by atoms with Crippen LogP contribution in [0.1, 0.15) is 11.3 Å². The highest BCUT2D eigenvalue weighted by Crippen LogP contribution is 2.40. The fourth-order valence-corrected chi connectivity index (χ4v) is 6.00. The summed E-state index contributed by atoms with van der Waals surface area (Å²) in [6, 6.07) is 9.43. The number of carbonyl (C=O) groups is 1. The summed E-state index contributed by atoms with van der Waals surface area (Å²) in [5, 5.41) is 20.1. The second kappa shape index (κ2) is 9.39. The van der Waals surface area contributed by atoms with E-state index in [0.29, 0.717) is 25.3 Å². The minimum atomic E-state index is -0.437. The third kappa shape index (κ3) is 4.93. The molecule has 4 N–H and O–H groups in total. The van der Waals surface area contributed by atoms with Crippen molar-refractivity contribution in [3.8, 4) is 27.6 Å². The number of β-amino-alcohol motifs (C(OH)–C–C–N with tert-alkyl or cyclic N) is 1. The zero-order chi connectivity index (χ0) is 22.0. The fraction of sp³-hybridized carbons (Fsp3) is 0.286. The van der Waals surface area contributed by atoms with Crippen LogP contribution in [0.4, 0.5) is 0 Å². The van der Waals surface area contributed by atoms with Gasteiger partial charge in [-0.05, 0) is 30.9 Å². The summed E-state index contributed by atoms with van der Waals surface area (Å²) in [4.78, 5) is 19.4. The molecule has 0 saturated carbocycles. The summed E-state index contributed by atoms with van der Waals surface area (Å²) in [7, 11) is 0. The molecule has 1 aromatic carbocycles. The van der Waals surface area contributed by atoms with Gasteiger partial charge in [0.05, 0.1) is 20.9 Å². The summed E-state index contributed by atoms with van der Waals surface area (Å²) < 4.78 is 6.78. The van der Waals surface area contributed by atoms with Crippen LogP contribution in [0.25, 0.3) is 21.8 Å². The molecule has 0 aliphatic carbocycles. The first-order valence-electron chi connectivity index (χ1n) is 9.61. The Morgan fingerprint density at radius 3 is 3.00 bits per heavy atom. The van der Waals surface area contributed by atoms with E-state index in [1.807, 2.05) is 42.0 Å². The Hall–Kier alpha value is -2.40. The SMILES string of the molecule is CSc1sc(C(=N)N)cc1-c1nc(-c2cccc(OCC(=O)N3CC[C@H](O)C3)c2)cs1. The number of rotatable bonds is 7. The van der Waals surface area contributed by atoms with Crippen LogP contribution in [0.15, 0.2) is 39.9 Å². The highest BCUT2D eigenvalue weighted by Gasteiger charge is 2.24. The number of thioether (sulfide) groups is 1. The lowest BCUT2D eigenvalue weighted by atomic mass is 10.1. The third-order valence-corrected chi connectivity index (χ3v) is 8.07. The van der Waals surface area contributed by atoms with Crippen LogP contribution in [-0.4, -0.2) is 58.8 Å². The third-order valence-electron chi connectivity index (χ3n) is 4.89. The first kappa shape index (κ1) is 21.8. The van der Waals surface area contributed by atoms with Gasteiger partial charge in [-0.25, -0.2) is 4.98 Å². The molecule has 0 bridgehead atoms. The summed E-state index contributed by atoms with van der Waals surface area (Å²) in [6.45, 7) is 0.880. The number of carbonyl (C=O) groups excluding carboxylic acids is 1. The van der Waals surface area contributed by atoms with E-state index in [0.717, 1.165) is 30.9 Å². The summed E-state index contributed by atoms with van der Waals surface area (Å²) in [5.41, 5.74) is 8.36. The van der Waals surface area contributed by atoms with Crippen molar-refractivity contribution in [3.05, 3.63) is 40.6 Å². The largest absolute Gasteiger partial charge is 0.484 e. The number of thiazole rings is 1. The van der Waals surface area contributed by atoms with Gasteiger partial charge >= 0.3 is 0 Å². The van der Waals surface area contributed by atoms with Crippen LogP contribution in [0.3, 0.4) is 0 Å². The molecule has 0 spiro atoms. The molecule has 1 aliphatic heterocycles. The minimum absolute atomic E-state index is 0.0572. The van der Waals surface area contributed by atoms with Gasteiger partial charge < -0.3 is 20.5 Å². The number of aromatic nitrogens is 1. The van der Waals surface area contributed by atoms with Crippen LogP contribution in [0.2, 0.25) is 0 Å². The van der Waals surface area contributed by atoms with E-state index < -0.39 is 6.10 Å². The number of hydrogen-bond acceptors (Lipinski definition) is 8. The number of ether oxygens (including phenoxy) is 1. The van der Waals surface area contributed by atoms with Crippen molar-refractivity contribution in [2.45, 2.75) is 16.7 Å². The first-order valence-corrected chi connectivity index (χ1v) is 12.5. The second-order valence-corrected chi connectivity index (χ2v) is 10.1. The summed E-state index contributed by atoms with van der Waals surface area (Å²) >= 11 is 4.65. The molecular weight excluding hydrogens is 452 g/mol. The molecule has 0 unspecified atom stereocenters. The van der Waals surface area contributed by atoms with Crippen LogP contribution in [0, 0.1) is 5.41 Å². The van der Waals surface area contributed by atoms with Crippen LogP contribution in [0.5, 0.6) is 5.75 Å². The average Bonchev–Trinajstić information content (AvgIpc) is 3.50. The molecule has 162 valence electrons. The zero-order valence-electron chi connectivity index (χ0n) is 16.8. The number of hydrogen-bond donors (Lipinski definition) is 3. The van der Waals surface area contributed by atoms with Gasteiger partial charge in [0.1, 0.15) is 16.6 Å². The molecule has 4 rings (SSSR count). The molecule has 7 nitrogen and oxygen atoms in total. The maximum absolute atomic E-state index is 12.2. The number of nitrogens with two attached hydrogens (primary N) is 1. The highest BCUT2D eigenvalue weighted by atomic mass is 32.2. The number of likely N-dealkylation sites (tertiary alicyclic amines) is 1. The first-order chi connectivity index (χ1) is 14.9. The molecule has 3 heterocycles. The lowest BCUT2D eigenvalue weighted by Gasteiger charge is -2.16. The van der Waals surface area contributed by atoms with Crippen molar-refractivity contribution < 1.29 is 14.6 Å². The topological polar surface area (TPSA) is 113 Å². The number of amides is 1. The van der Waals surface area contributed by atoms with Crippen molar-refractivity contribution in [2.75, 3.05) is 26.0 Å². The predicted octanol–water partition coefficient (Wildman–Crippen LogP) is 3.52. The van der Waals surface area contributed by atoms with E-state index in [1.54, 1.807) is 16.7 Å². The second-order valence-electron chi connectivity index (χ2n) is 7.07. The number of nitrogens with one attached hydrogen (secondary N) is 1. The van der Waals surface area contributed by atoms with Gasteiger partial charge in [-0.3, -0.25) is 10.2 Å². The lowest BCUT2D eigenvalue weighted by molar-refractivity contribution is -0.132. The van der Waals surface area contributed by atoms with Crippen LogP contribution in [-0.2, 0) is 4.79 Å². The summed E-state index contributed by atoms with van der Waals surface area (Å²) in [6.07, 6.45) is 2.18. The predicted molar refractivity (Wildman–Crippen MR) is 126 cm³/mol. The van der Waals surface area contributed by atoms with Gasteiger partial charge in [-0.15, -0.1) is 34.4 Å². The molecule has 10 heteroatoms. The van der Waals surface area contributed by atoms with Crippen LogP contribution < -0.4 is 10.5 Å². The van der Waals surface area contributed by atoms with Gasteiger partial charge in [0.25, 0.3) is 5.91 Å². The van der Waals surface area contributed by atoms with E-state index in [4.69, 9.17) is 20.9 Å². The number of benzene rings is 1. The fourth-order valence-electron chi connectivity index (χ4n) is 3.29. The van der Waals surface area contributed by atoms with Crippen molar-refractivity contribution in [3.63, 3.8) is 0 Å². The number of nitrogens with zero attached hydrogens (tertiary/aromatic N) is 2. The summed E-state index contributed by atoms with van der Waals surface area (Å²) in [5.74, 6) is 0.534. The van der Waals surface area contributed by atoms with Gasteiger partial charge in [0, 0.05) is 29.6 Å². The molecule has 1 atom stereocenters. The smallest absolute Gasteiger partial charge is 0.260 e. The Labute approximate surface area is 192 Å². The number of thiophene rings is 1. The highest BCUT2D eigenvalue weighted by molar-refractivity contribution is 8.00. The van der Waals surface area contributed by atoms with Gasteiger partial charge in [0.2, 0.25) is 0 Å². The Bertz CT molecular complexity index is 1110. The van der Waals surface area contributed by atoms with Crippen molar-refractivity contribution in [2.24, 2.45) is 5.73 Å². The van der Waals surface area contributed by atoms with E-state index >= 15 is 0 Å². The molecule has 1 aliphatic rings. The molecule has 2 aromatic heterocycles. The van der Waals surface area contributed by atoms with Crippen molar-refractivity contribution in [1.82, 2.24) is 9.88 Å². The molecule has 1 fully saturated rings. The normalized spacial score (nSPS) is 15.9.